The maximum Gasteiger partial charge on any atom is 0.193 e. The number of aliphatic imine (C=N–C) groups is 1. The number of guanidine groups is 1. The van der Waals surface area contributed by atoms with Crippen LogP contribution in [0.3, 0.4) is 0 Å². The van der Waals surface area contributed by atoms with Crippen molar-refractivity contribution in [2.24, 2.45) is 4.99 Å². The molecule has 2 aromatic rings. The number of nitrogens with zero attached hydrogens (tertiary/aromatic N) is 4. The third-order valence-electron chi connectivity index (χ3n) is 4.46. The van der Waals surface area contributed by atoms with Crippen LogP contribution in [0.2, 0.25) is 5.02 Å². The van der Waals surface area contributed by atoms with E-state index in [1.54, 1.807) is 11.3 Å². The molecule has 0 unspecified atom stereocenters. The molecule has 1 aromatic heterocycles. The quantitative estimate of drug-likeness (QED) is 0.352. The Balaban J connectivity index is 0.00000261. The zero-order chi connectivity index (χ0) is 18.4. The minimum Gasteiger partial charge on any atom is -0.356 e. The second-order valence-electron chi connectivity index (χ2n) is 6.53. The molecule has 5 nitrogen and oxygen atoms in total. The van der Waals surface area contributed by atoms with Gasteiger partial charge in [0, 0.05) is 57.1 Å². The number of halogens is 2. The predicted molar refractivity (Wildman–Crippen MR) is 127 cm³/mol. The number of anilines is 1. The van der Waals surface area contributed by atoms with E-state index in [1.165, 1.54) is 18.0 Å². The highest BCUT2D eigenvalue weighted by atomic mass is 127. The third-order valence-corrected chi connectivity index (χ3v) is 5.65. The van der Waals surface area contributed by atoms with E-state index in [1.807, 2.05) is 32.3 Å². The zero-order valence-electron chi connectivity index (χ0n) is 15.8. The molecular weight excluding hydrogens is 493 g/mol. The number of aromatic nitrogens is 1. The maximum atomic E-state index is 6.07. The van der Waals surface area contributed by atoms with Crippen molar-refractivity contribution in [3.05, 3.63) is 45.9 Å². The van der Waals surface area contributed by atoms with Crippen LogP contribution >= 0.6 is 46.9 Å². The Morgan fingerprint density at radius 2 is 2.15 bits per heavy atom. The van der Waals surface area contributed by atoms with Crippen LogP contribution in [0.15, 0.2) is 34.6 Å². The first-order valence-corrected chi connectivity index (χ1v) is 10.3. The molecule has 0 bridgehead atoms. The van der Waals surface area contributed by atoms with E-state index in [2.05, 4.69) is 31.6 Å². The van der Waals surface area contributed by atoms with Gasteiger partial charge in [0.05, 0.1) is 5.69 Å². The summed E-state index contributed by atoms with van der Waals surface area (Å²) in [5.74, 6) is 0.875. The van der Waals surface area contributed by atoms with Gasteiger partial charge >= 0.3 is 0 Å². The van der Waals surface area contributed by atoms with Crippen LogP contribution in [0.4, 0.5) is 5.13 Å². The van der Waals surface area contributed by atoms with Crippen molar-refractivity contribution in [3.8, 4) is 0 Å². The molecule has 1 saturated heterocycles. The first-order chi connectivity index (χ1) is 12.7. The Labute approximate surface area is 187 Å². The third kappa shape index (κ3) is 6.50. The normalized spacial score (nSPS) is 14.2. The molecule has 3 rings (SSSR count). The van der Waals surface area contributed by atoms with Crippen LogP contribution in [-0.4, -0.2) is 49.6 Å². The van der Waals surface area contributed by atoms with Gasteiger partial charge in [-0.1, -0.05) is 23.7 Å². The lowest BCUT2D eigenvalue weighted by molar-refractivity contribution is 0.477. The Kier molecular flexibility index (Phi) is 9.11. The summed E-state index contributed by atoms with van der Waals surface area (Å²) < 4.78 is 0. The van der Waals surface area contributed by atoms with Crippen molar-refractivity contribution in [1.82, 2.24) is 15.2 Å². The van der Waals surface area contributed by atoms with Crippen molar-refractivity contribution in [1.29, 1.82) is 0 Å². The van der Waals surface area contributed by atoms with E-state index in [0.717, 1.165) is 54.8 Å². The fourth-order valence-corrected chi connectivity index (χ4v) is 4.26. The Morgan fingerprint density at radius 1 is 1.37 bits per heavy atom. The van der Waals surface area contributed by atoms with Crippen molar-refractivity contribution >= 4 is 58.0 Å². The fourth-order valence-electron chi connectivity index (χ4n) is 3.14. The van der Waals surface area contributed by atoms with Crippen LogP contribution in [0.25, 0.3) is 0 Å². The summed E-state index contributed by atoms with van der Waals surface area (Å²) in [5, 5.41) is 7.53. The summed E-state index contributed by atoms with van der Waals surface area (Å²) in [6, 6.07) is 7.93. The number of thiazole rings is 1. The number of benzene rings is 1. The van der Waals surface area contributed by atoms with Gasteiger partial charge in [0.2, 0.25) is 0 Å². The van der Waals surface area contributed by atoms with Gasteiger partial charge in [0.25, 0.3) is 0 Å². The number of rotatable bonds is 6. The molecule has 0 atom stereocenters. The average molecular weight is 520 g/mol. The molecule has 27 heavy (non-hydrogen) atoms. The van der Waals surface area contributed by atoms with E-state index in [9.17, 15) is 0 Å². The molecule has 0 radical (unpaired) electrons. The molecule has 8 heteroatoms. The summed E-state index contributed by atoms with van der Waals surface area (Å²) in [4.78, 5) is 13.6. The Bertz CT molecular complexity index is 745. The minimum absolute atomic E-state index is 0. The molecule has 2 heterocycles. The van der Waals surface area contributed by atoms with Gasteiger partial charge in [-0.05, 0) is 30.5 Å². The molecule has 148 valence electrons. The summed E-state index contributed by atoms with van der Waals surface area (Å²) in [6.45, 7) is 3.87. The van der Waals surface area contributed by atoms with Crippen LogP contribution in [0.1, 0.15) is 24.1 Å². The SMILES string of the molecule is CN=C(NCCc1csc(N2CCCC2)n1)N(C)Cc1cccc(Cl)c1.I. The maximum absolute atomic E-state index is 6.07. The van der Waals surface area contributed by atoms with Gasteiger partial charge in [-0.3, -0.25) is 4.99 Å². The Hall–Kier alpha value is -1.06. The van der Waals surface area contributed by atoms with Gasteiger partial charge in [-0.15, -0.1) is 35.3 Å². The van der Waals surface area contributed by atoms with Gasteiger partial charge in [-0.25, -0.2) is 4.98 Å². The molecule has 0 amide bonds. The zero-order valence-corrected chi connectivity index (χ0v) is 19.7. The van der Waals surface area contributed by atoms with E-state index in [0.29, 0.717) is 0 Å². The Morgan fingerprint density at radius 3 is 2.85 bits per heavy atom. The number of hydrogen-bond acceptors (Lipinski definition) is 4. The molecule has 1 aromatic carbocycles. The van der Waals surface area contributed by atoms with Crippen LogP contribution in [0.5, 0.6) is 0 Å². The molecule has 1 N–H and O–H groups in total. The highest BCUT2D eigenvalue weighted by Crippen LogP contribution is 2.24. The van der Waals surface area contributed by atoms with E-state index in [4.69, 9.17) is 16.6 Å². The number of hydrogen-bond donors (Lipinski definition) is 1. The topological polar surface area (TPSA) is 43.8 Å². The molecule has 1 fully saturated rings. The first kappa shape index (κ1) is 22.2. The summed E-state index contributed by atoms with van der Waals surface area (Å²) in [6.07, 6.45) is 3.46. The molecule has 0 aliphatic carbocycles. The molecular formula is C19H27ClIN5S. The fraction of sp³-hybridized carbons (Fsp3) is 0.474. The van der Waals surface area contributed by atoms with Crippen LogP contribution in [-0.2, 0) is 13.0 Å². The van der Waals surface area contributed by atoms with E-state index >= 15 is 0 Å². The van der Waals surface area contributed by atoms with E-state index in [-0.39, 0.29) is 24.0 Å². The van der Waals surface area contributed by atoms with Gasteiger partial charge in [0.15, 0.2) is 11.1 Å². The summed E-state index contributed by atoms with van der Waals surface area (Å²) in [7, 11) is 3.84. The van der Waals surface area contributed by atoms with Crippen molar-refractivity contribution < 1.29 is 0 Å². The van der Waals surface area contributed by atoms with Gasteiger partial charge < -0.3 is 15.1 Å². The molecule has 1 aliphatic heterocycles. The lowest BCUT2D eigenvalue weighted by Gasteiger charge is -2.22. The van der Waals surface area contributed by atoms with Gasteiger partial charge in [0.1, 0.15) is 0 Å². The second-order valence-corrected chi connectivity index (χ2v) is 7.80. The molecule has 0 spiro atoms. The first-order valence-electron chi connectivity index (χ1n) is 9.01. The van der Waals surface area contributed by atoms with Gasteiger partial charge in [-0.2, -0.15) is 0 Å². The molecule has 0 saturated carbocycles. The minimum atomic E-state index is 0. The monoisotopic (exact) mass is 519 g/mol. The van der Waals surface area contributed by atoms with Crippen molar-refractivity contribution in [3.63, 3.8) is 0 Å². The highest BCUT2D eigenvalue weighted by Gasteiger charge is 2.15. The van der Waals surface area contributed by atoms with Crippen molar-refractivity contribution in [2.45, 2.75) is 25.8 Å². The van der Waals surface area contributed by atoms with Crippen molar-refractivity contribution in [2.75, 3.05) is 38.6 Å². The number of nitrogens with one attached hydrogen (secondary N) is 1. The standard InChI is InChI=1S/C19H26ClN5S.HI/c1-21-18(24(2)13-15-6-5-7-16(20)12-15)22-9-8-17-14-26-19(23-17)25-10-3-4-11-25;/h5-7,12,14H,3-4,8-11,13H2,1-2H3,(H,21,22);1H. The predicted octanol–water partition coefficient (Wildman–Crippen LogP) is 4.26. The highest BCUT2D eigenvalue weighted by molar-refractivity contribution is 14.0. The lowest BCUT2D eigenvalue weighted by Crippen LogP contribution is -2.39. The second kappa shape index (κ2) is 11.1. The summed E-state index contributed by atoms with van der Waals surface area (Å²) in [5.41, 5.74) is 2.31. The summed E-state index contributed by atoms with van der Waals surface area (Å²) >= 11 is 7.82. The average Bonchev–Trinajstić information content (AvgIpc) is 3.30. The molecule has 1 aliphatic rings. The smallest absolute Gasteiger partial charge is 0.193 e. The van der Waals surface area contributed by atoms with Crippen LogP contribution < -0.4 is 10.2 Å². The largest absolute Gasteiger partial charge is 0.356 e. The van der Waals surface area contributed by atoms with Crippen LogP contribution in [0, 0.1) is 0 Å². The lowest BCUT2D eigenvalue weighted by atomic mass is 10.2. The van der Waals surface area contributed by atoms with E-state index < -0.39 is 0 Å².